The molecule has 2 fully saturated rings. The Balaban J connectivity index is 1.24. The van der Waals surface area contributed by atoms with Crippen LogP contribution in [0.25, 0.3) is 0 Å². The van der Waals surface area contributed by atoms with Crippen LogP contribution in [0.4, 0.5) is 0 Å². The fourth-order valence-electron chi connectivity index (χ4n) is 5.44. The van der Waals surface area contributed by atoms with Crippen molar-refractivity contribution in [3.8, 4) is 0 Å². The minimum absolute atomic E-state index is 0.175. The summed E-state index contributed by atoms with van der Waals surface area (Å²) in [6.07, 6.45) is 4.33. The van der Waals surface area contributed by atoms with Crippen LogP contribution >= 0.6 is 0 Å². The first-order valence-electron chi connectivity index (χ1n) is 12.4. The largest absolute Gasteiger partial charge is 0.339 e. The number of nitrogens with zero attached hydrogens (tertiary/aromatic N) is 2. The van der Waals surface area contributed by atoms with E-state index in [1.54, 1.807) is 41.3 Å². The third-order valence-corrected chi connectivity index (χ3v) is 9.79. The van der Waals surface area contributed by atoms with Crippen LogP contribution < -0.4 is 0 Å². The minimum atomic E-state index is -3.21. The second kappa shape index (κ2) is 9.66. The number of benzene rings is 2. The molecule has 0 radical (unpaired) electrons. The summed E-state index contributed by atoms with van der Waals surface area (Å²) in [5.41, 5.74) is 1.63. The Labute approximate surface area is 206 Å². The van der Waals surface area contributed by atoms with Gasteiger partial charge in [-0.3, -0.25) is 14.4 Å². The van der Waals surface area contributed by atoms with Gasteiger partial charge in [0.15, 0.2) is 21.4 Å². The highest BCUT2D eigenvalue weighted by Gasteiger charge is 2.34. The second-order valence-electron chi connectivity index (χ2n) is 9.73. The van der Waals surface area contributed by atoms with Crippen LogP contribution in [0.3, 0.4) is 0 Å². The molecule has 0 spiro atoms. The molecule has 0 unspecified atom stereocenters. The van der Waals surface area contributed by atoms with Gasteiger partial charge < -0.3 is 9.80 Å². The molecule has 3 aliphatic rings. The normalized spacial score (nSPS) is 19.4. The molecule has 0 aromatic heterocycles. The van der Waals surface area contributed by atoms with Gasteiger partial charge >= 0.3 is 0 Å². The average molecular weight is 495 g/mol. The van der Waals surface area contributed by atoms with Crippen molar-refractivity contribution >= 4 is 27.3 Å². The van der Waals surface area contributed by atoms with Crippen LogP contribution in [0.1, 0.15) is 74.3 Å². The maximum absolute atomic E-state index is 13.2. The summed E-state index contributed by atoms with van der Waals surface area (Å²) in [5, 5.41) is -0.421. The van der Waals surface area contributed by atoms with E-state index >= 15 is 0 Å². The zero-order chi connectivity index (χ0) is 24.6. The molecule has 2 aliphatic heterocycles. The van der Waals surface area contributed by atoms with E-state index in [4.69, 9.17) is 0 Å². The van der Waals surface area contributed by atoms with Crippen molar-refractivity contribution in [2.24, 2.45) is 0 Å². The number of hydrogen-bond donors (Lipinski definition) is 0. The van der Waals surface area contributed by atoms with E-state index in [1.807, 2.05) is 0 Å². The van der Waals surface area contributed by atoms with Gasteiger partial charge in [0.25, 0.3) is 5.91 Å². The molecule has 2 aromatic carbocycles. The number of ketones is 2. The Bertz CT molecular complexity index is 1270. The molecule has 0 N–H and O–H groups in total. The van der Waals surface area contributed by atoms with Gasteiger partial charge in [-0.15, -0.1) is 0 Å². The van der Waals surface area contributed by atoms with Gasteiger partial charge in [0.2, 0.25) is 0 Å². The minimum Gasteiger partial charge on any atom is -0.339 e. The van der Waals surface area contributed by atoms with E-state index in [1.165, 1.54) is 12.5 Å². The van der Waals surface area contributed by atoms with Crippen molar-refractivity contribution in [2.45, 2.75) is 37.4 Å². The fraction of sp³-hybridized carbons (Fsp3) is 0.444. The number of hydrogen-bond acceptors (Lipinski definition) is 6. The summed E-state index contributed by atoms with van der Waals surface area (Å²) in [6.45, 7) is 3.26. The quantitative estimate of drug-likeness (QED) is 0.542. The highest BCUT2D eigenvalue weighted by molar-refractivity contribution is 7.92. The molecule has 0 saturated carbocycles. The molecule has 2 heterocycles. The van der Waals surface area contributed by atoms with E-state index in [0.29, 0.717) is 54.7 Å². The monoisotopic (exact) mass is 494 g/mol. The molecule has 184 valence electrons. The molecule has 8 heteroatoms. The first-order valence-corrected chi connectivity index (χ1v) is 14.1. The summed E-state index contributed by atoms with van der Waals surface area (Å²) in [4.78, 5) is 42.9. The highest BCUT2D eigenvalue weighted by Crippen LogP contribution is 2.29. The summed E-state index contributed by atoms with van der Waals surface area (Å²) in [7, 11) is -3.21. The van der Waals surface area contributed by atoms with Crippen molar-refractivity contribution in [1.29, 1.82) is 0 Å². The number of amides is 1. The molecule has 2 aromatic rings. The van der Waals surface area contributed by atoms with Crippen LogP contribution in [0.2, 0.25) is 0 Å². The third-order valence-electron chi connectivity index (χ3n) is 7.55. The Morgan fingerprint density at radius 2 is 1.40 bits per heavy atom. The van der Waals surface area contributed by atoms with Crippen molar-refractivity contribution in [2.75, 3.05) is 38.5 Å². The van der Waals surface area contributed by atoms with E-state index in [2.05, 4.69) is 4.90 Å². The number of rotatable bonds is 5. The van der Waals surface area contributed by atoms with Crippen LogP contribution in [-0.4, -0.2) is 79.4 Å². The Kier molecular flexibility index (Phi) is 6.59. The maximum Gasteiger partial charge on any atom is 0.253 e. The highest BCUT2D eigenvalue weighted by atomic mass is 32.2. The zero-order valence-corrected chi connectivity index (χ0v) is 20.6. The van der Waals surface area contributed by atoms with Gasteiger partial charge in [0.05, 0.1) is 11.0 Å². The molecular formula is C27H30N2O5S. The molecule has 5 rings (SSSR count). The molecule has 1 amide bonds. The Morgan fingerprint density at radius 3 is 2.06 bits per heavy atom. The average Bonchev–Trinajstić information content (AvgIpc) is 2.90. The van der Waals surface area contributed by atoms with Crippen molar-refractivity contribution < 1.29 is 22.8 Å². The molecule has 35 heavy (non-hydrogen) atoms. The summed E-state index contributed by atoms with van der Waals surface area (Å²) >= 11 is 0. The number of sulfone groups is 1. The van der Waals surface area contributed by atoms with E-state index in [9.17, 15) is 22.8 Å². The topological polar surface area (TPSA) is 91.8 Å². The lowest BCUT2D eigenvalue weighted by Gasteiger charge is -2.33. The summed E-state index contributed by atoms with van der Waals surface area (Å²) in [6, 6.07) is 11.4. The first kappa shape index (κ1) is 23.9. The van der Waals surface area contributed by atoms with Crippen LogP contribution in [-0.2, 0) is 9.84 Å². The van der Waals surface area contributed by atoms with Gasteiger partial charge in [-0.1, -0.05) is 30.7 Å². The molecule has 0 bridgehead atoms. The van der Waals surface area contributed by atoms with Gasteiger partial charge in [0, 0.05) is 47.5 Å². The predicted molar refractivity (Wildman–Crippen MR) is 133 cm³/mol. The van der Waals surface area contributed by atoms with E-state index in [0.717, 1.165) is 25.9 Å². The Hall–Kier alpha value is -2.84. The summed E-state index contributed by atoms with van der Waals surface area (Å²) < 4.78 is 25.8. The zero-order valence-electron chi connectivity index (χ0n) is 19.7. The molecular weight excluding hydrogens is 464 g/mol. The van der Waals surface area contributed by atoms with Crippen molar-refractivity contribution in [1.82, 2.24) is 9.80 Å². The lowest BCUT2D eigenvalue weighted by atomic mass is 9.83. The molecule has 2 saturated heterocycles. The van der Waals surface area contributed by atoms with Crippen LogP contribution in [0.15, 0.2) is 42.5 Å². The standard InChI is InChI=1S/C27H30N2O5S/c30-25-21-6-2-3-7-22(21)26(31)24-18-19(8-9-23(24)25)27(32)29-14-10-20(11-15-29)35(33,34)17-16-28-12-4-1-5-13-28/h2-3,6-9,18,20H,1,4-5,10-17H2. The molecule has 7 nitrogen and oxygen atoms in total. The number of piperidine rings is 2. The van der Waals surface area contributed by atoms with Crippen LogP contribution in [0.5, 0.6) is 0 Å². The lowest BCUT2D eigenvalue weighted by Crippen LogP contribution is -2.44. The van der Waals surface area contributed by atoms with Gasteiger partial charge in [-0.05, 0) is 57.0 Å². The molecule has 0 atom stereocenters. The Morgan fingerprint density at radius 1 is 0.800 bits per heavy atom. The fourth-order valence-corrected chi connectivity index (χ4v) is 7.21. The van der Waals surface area contributed by atoms with Gasteiger partial charge in [-0.25, -0.2) is 8.42 Å². The summed E-state index contributed by atoms with van der Waals surface area (Å²) in [5.74, 6) is -0.544. The second-order valence-corrected chi connectivity index (χ2v) is 12.1. The number of fused-ring (bicyclic) bond motifs is 2. The first-order chi connectivity index (χ1) is 16.8. The van der Waals surface area contributed by atoms with E-state index < -0.39 is 15.1 Å². The smallest absolute Gasteiger partial charge is 0.253 e. The van der Waals surface area contributed by atoms with Gasteiger partial charge in [0.1, 0.15) is 0 Å². The van der Waals surface area contributed by atoms with Crippen LogP contribution in [0, 0.1) is 0 Å². The lowest BCUT2D eigenvalue weighted by molar-refractivity contribution is 0.0725. The number of carbonyl (C=O) groups is 3. The van der Waals surface area contributed by atoms with Gasteiger partial charge in [-0.2, -0.15) is 0 Å². The van der Waals surface area contributed by atoms with Crippen molar-refractivity contribution in [3.05, 3.63) is 70.3 Å². The van der Waals surface area contributed by atoms with E-state index in [-0.39, 0.29) is 28.8 Å². The SMILES string of the molecule is O=C1c2ccccc2C(=O)c2cc(C(=O)N3CCC(S(=O)(=O)CCN4CCCCC4)CC3)ccc21. The molecule has 1 aliphatic carbocycles. The maximum atomic E-state index is 13.2. The predicted octanol–water partition coefficient (Wildman–Crippen LogP) is 2.97. The number of carbonyl (C=O) groups excluding carboxylic acids is 3. The third kappa shape index (κ3) is 4.69. The van der Waals surface area contributed by atoms with Crippen molar-refractivity contribution in [3.63, 3.8) is 0 Å². The number of likely N-dealkylation sites (tertiary alicyclic amines) is 2.